The smallest absolute Gasteiger partial charge is 0.274 e. The van der Waals surface area contributed by atoms with Crippen LogP contribution in [0.3, 0.4) is 0 Å². The maximum atomic E-state index is 12.6. The molecule has 0 aliphatic carbocycles. The molecule has 0 fully saturated rings. The molecule has 8 heteroatoms. The van der Waals surface area contributed by atoms with Gasteiger partial charge >= 0.3 is 0 Å². The third-order valence-corrected chi connectivity index (χ3v) is 5.17. The molecule has 1 aliphatic heterocycles. The second-order valence-electron chi connectivity index (χ2n) is 8.16. The minimum Gasteiger partial charge on any atom is -0.483 e. The first kappa shape index (κ1) is 22.4. The number of carbonyl (C=O) groups excluding carboxylic acids is 2. The van der Waals surface area contributed by atoms with Gasteiger partial charge in [-0.2, -0.15) is 0 Å². The molecule has 0 saturated heterocycles. The molecule has 1 N–H and O–H groups in total. The SMILES string of the molecule is CCN(CC)C(=O)c1cc(NC(=O)COc2cccc3c2OC(C)(C)C3)c(=O)n(C)c1. The molecule has 1 aromatic carbocycles. The van der Waals surface area contributed by atoms with E-state index in [-0.39, 0.29) is 23.8 Å². The number of para-hydroxylation sites is 1. The maximum absolute atomic E-state index is 12.6. The highest BCUT2D eigenvalue weighted by Gasteiger charge is 2.32. The molecule has 166 valence electrons. The van der Waals surface area contributed by atoms with Gasteiger partial charge < -0.3 is 24.3 Å². The van der Waals surface area contributed by atoms with Crippen LogP contribution in [-0.4, -0.2) is 46.6 Å². The standard InChI is InChI=1S/C23H29N3O5/c1-6-26(7-2)21(28)16-11-17(22(29)25(5)13-16)24-19(27)14-30-18-10-8-9-15-12-23(3,4)31-20(15)18/h8-11,13H,6-7,12,14H2,1-5H3,(H,24,27). The van der Waals surface area contributed by atoms with E-state index in [0.29, 0.717) is 30.2 Å². The Balaban J connectivity index is 1.73. The number of rotatable bonds is 7. The predicted molar refractivity (Wildman–Crippen MR) is 118 cm³/mol. The molecule has 31 heavy (non-hydrogen) atoms. The molecule has 0 atom stereocenters. The fourth-order valence-corrected chi connectivity index (χ4v) is 3.64. The highest BCUT2D eigenvalue weighted by Crippen LogP contribution is 2.41. The Labute approximate surface area is 181 Å². The Morgan fingerprint density at radius 3 is 2.65 bits per heavy atom. The topological polar surface area (TPSA) is 89.9 Å². The second kappa shape index (κ2) is 8.83. The number of anilines is 1. The second-order valence-corrected chi connectivity index (χ2v) is 8.16. The molecule has 3 rings (SSSR count). The number of carbonyl (C=O) groups is 2. The molecular weight excluding hydrogens is 398 g/mol. The molecule has 0 bridgehead atoms. The van der Waals surface area contributed by atoms with Crippen LogP contribution < -0.4 is 20.3 Å². The first-order chi connectivity index (χ1) is 14.6. The molecular formula is C23H29N3O5. The molecule has 2 heterocycles. The van der Waals surface area contributed by atoms with Crippen molar-refractivity contribution in [1.29, 1.82) is 0 Å². The molecule has 0 saturated carbocycles. The highest BCUT2D eigenvalue weighted by molar-refractivity contribution is 5.97. The van der Waals surface area contributed by atoms with E-state index in [2.05, 4.69) is 5.32 Å². The summed E-state index contributed by atoms with van der Waals surface area (Å²) in [7, 11) is 1.54. The Morgan fingerprint density at radius 2 is 1.97 bits per heavy atom. The summed E-state index contributed by atoms with van der Waals surface area (Å²) in [5.41, 5.74) is 0.659. The lowest BCUT2D eigenvalue weighted by molar-refractivity contribution is -0.118. The van der Waals surface area contributed by atoms with Crippen molar-refractivity contribution in [3.63, 3.8) is 0 Å². The lowest BCUT2D eigenvalue weighted by atomic mass is 10.0. The summed E-state index contributed by atoms with van der Waals surface area (Å²) in [6.45, 7) is 8.56. The number of aromatic nitrogens is 1. The Bertz CT molecular complexity index is 1050. The van der Waals surface area contributed by atoms with Crippen molar-refractivity contribution in [3.05, 3.63) is 51.9 Å². The van der Waals surface area contributed by atoms with Gasteiger partial charge in [-0.15, -0.1) is 0 Å². The summed E-state index contributed by atoms with van der Waals surface area (Å²) in [6, 6.07) is 6.98. The van der Waals surface area contributed by atoms with Gasteiger partial charge in [-0.3, -0.25) is 14.4 Å². The van der Waals surface area contributed by atoms with Gasteiger partial charge in [0.2, 0.25) is 0 Å². The summed E-state index contributed by atoms with van der Waals surface area (Å²) >= 11 is 0. The van der Waals surface area contributed by atoms with Gasteiger partial charge in [-0.25, -0.2) is 0 Å². The number of amides is 2. The Morgan fingerprint density at radius 1 is 1.26 bits per heavy atom. The predicted octanol–water partition coefficient (Wildman–Crippen LogP) is 2.60. The van der Waals surface area contributed by atoms with Crippen molar-refractivity contribution < 1.29 is 19.1 Å². The van der Waals surface area contributed by atoms with Crippen molar-refractivity contribution in [2.45, 2.75) is 39.7 Å². The van der Waals surface area contributed by atoms with E-state index in [9.17, 15) is 14.4 Å². The monoisotopic (exact) mass is 427 g/mol. The fourth-order valence-electron chi connectivity index (χ4n) is 3.64. The van der Waals surface area contributed by atoms with Crippen LogP contribution in [0.4, 0.5) is 5.69 Å². The number of ether oxygens (including phenoxy) is 2. The first-order valence-electron chi connectivity index (χ1n) is 10.4. The summed E-state index contributed by atoms with van der Waals surface area (Å²) < 4.78 is 12.9. The summed E-state index contributed by atoms with van der Waals surface area (Å²) in [5.74, 6) is 0.422. The lowest BCUT2D eigenvalue weighted by Gasteiger charge is -2.19. The van der Waals surface area contributed by atoms with Gasteiger partial charge in [0.25, 0.3) is 17.4 Å². The van der Waals surface area contributed by atoms with Crippen molar-refractivity contribution in [3.8, 4) is 11.5 Å². The molecule has 0 spiro atoms. The van der Waals surface area contributed by atoms with Crippen LogP contribution in [0.15, 0.2) is 35.3 Å². The molecule has 2 amide bonds. The molecule has 2 aromatic rings. The number of pyridine rings is 1. The normalized spacial score (nSPS) is 13.8. The van der Waals surface area contributed by atoms with Gasteiger partial charge in [-0.05, 0) is 39.8 Å². The Kier molecular flexibility index (Phi) is 6.38. The number of hydrogen-bond donors (Lipinski definition) is 1. The van der Waals surface area contributed by atoms with E-state index < -0.39 is 11.5 Å². The average Bonchev–Trinajstić information content (AvgIpc) is 3.04. The third-order valence-electron chi connectivity index (χ3n) is 5.17. The van der Waals surface area contributed by atoms with Crippen molar-refractivity contribution in [1.82, 2.24) is 9.47 Å². The summed E-state index contributed by atoms with van der Waals surface area (Å²) in [4.78, 5) is 39.2. The number of aryl methyl sites for hydroxylation is 1. The quantitative estimate of drug-likeness (QED) is 0.734. The van der Waals surface area contributed by atoms with Crippen LogP contribution in [0.1, 0.15) is 43.6 Å². The zero-order chi connectivity index (χ0) is 22.8. The molecule has 8 nitrogen and oxygen atoms in total. The lowest BCUT2D eigenvalue weighted by Crippen LogP contribution is -2.33. The molecule has 1 aromatic heterocycles. The van der Waals surface area contributed by atoms with Gasteiger partial charge in [0.1, 0.15) is 11.3 Å². The number of nitrogens with zero attached hydrogens (tertiary/aromatic N) is 2. The number of nitrogens with one attached hydrogen (secondary N) is 1. The van der Waals surface area contributed by atoms with Gasteiger partial charge in [0.15, 0.2) is 18.1 Å². The van der Waals surface area contributed by atoms with E-state index in [1.54, 1.807) is 18.0 Å². The molecule has 1 aliphatic rings. The van der Waals surface area contributed by atoms with Gasteiger partial charge in [0.05, 0.1) is 5.56 Å². The van der Waals surface area contributed by atoms with Crippen LogP contribution in [0.5, 0.6) is 11.5 Å². The van der Waals surface area contributed by atoms with Crippen LogP contribution in [-0.2, 0) is 18.3 Å². The number of benzene rings is 1. The van der Waals surface area contributed by atoms with Crippen LogP contribution in [0.2, 0.25) is 0 Å². The largest absolute Gasteiger partial charge is 0.483 e. The molecule has 0 radical (unpaired) electrons. The molecule has 0 unspecified atom stereocenters. The average molecular weight is 428 g/mol. The van der Waals surface area contributed by atoms with E-state index >= 15 is 0 Å². The van der Waals surface area contributed by atoms with Crippen LogP contribution in [0, 0.1) is 0 Å². The highest BCUT2D eigenvalue weighted by atomic mass is 16.5. The van der Waals surface area contributed by atoms with E-state index in [1.807, 2.05) is 39.8 Å². The maximum Gasteiger partial charge on any atom is 0.274 e. The third kappa shape index (κ3) is 4.90. The van der Waals surface area contributed by atoms with E-state index in [0.717, 1.165) is 12.0 Å². The first-order valence-corrected chi connectivity index (χ1v) is 10.4. The summed E-state index contributed by atoms with van der Waals surface area (Å²) in [6.07, 6.45) is 2.23. The van der Waals surface area contributed by atoms with E-state index in [4.69, 9.17) is 9.47 Å². The van der Waals surface area contributed by atoms with Crippen molar-refractivity contribution in [2.75, 3.05) is 25.0 Å². The summed E-state index contributed by atoms with van der Waals surface area (Å²) in [5, 5.41) is 2.57. The Hall–Kier alpha value is -3.29. The van der Waals surface area contributed by atoms with Gasteiger partial charge in [-0.1, -0.05) is 12.1 Å². The minimum absolute atomic E-state index is 0.0322. The van der Waals surface area contributed by atoms with Crippen molar-refractivity contribution >= 4 is 17.5 Å². The minimum atomic E-state index is -0.501. The number of fused-ring (bicyclic) bond motifs is 1. The van der Waals surface area contributed by atoms with E-state index in [1.165, 1.54) is 16.8 Å². The zero-order valence-corrected chi connectivity index (χ0v) is 18.7. The van der Waals surface area contributed by atoms with Crippen molar-refractivity contribution in [2.24, 2.45) is 7.05 Å². The fraction of sp³-hybridized carbons (Fsp3) is 0.435. The van der Waals surface area contributed by atoms with Gasteiger partial charge in [0, 0.05) is 38.3 Å². The zero-order valence-electron chi connectivity index (χ0n) is 18.7. The number of hydrogen-bond acceptors (Lipinski definition) is 5. The van der Waals surface area contributed by atoms with Crippen LogP contribution >= 0.6 is 0 Å². The van der Waals surface area contributed by atoms with Crippen LogP contribution in [0.25, 0.3) is 0 Å².